The SMILES string of the molecule is Cn1cc(CNC(=O)NCc2ccccc2)ccc1=O. The van der Waals surface area contributed by atoms with Gasteiger partial charge in [-0.2, -0.15) is 0 Å². The summed E-state index contributed by atoms with van der Waals surface area (Å²) < 4.78 is 1.49. The molecule has 2 aromatic rings. The van der Waals surface area contributed by atoms with Gasteiger partial charge in [-0.15, -0.1) is 0 Å². The van der Waals surface area contributed by atoms with Crippen molar-refractivity contribution in [2.24, 2.45) is 7.05 Å². The number of aromatic nitrogens is 1. The fourth-order valence-electron chi connectivity index (χ4n) is 1.78. The first kappa shape index (κ1) is 13.9. The van der Waals surface area contributed by atoms with Gasteiger partial charge in [0.25, 0.3) is 0 Å². The Kier molecular flexibility index (Phi) is 4.55. The number of benzene rings is 1. The Labute approximate surface area is 117 Å². The Morgan fingerprint density at radius 3 is 2.30 bits per heavy atom. The van der Waals surface area contributed by atoms with Gasteiger partial charge in [0.15, 0.2) is 0 Å². The summed E-state index contributed by atoms with van der Waals surface area (Å²) in [5.41, 5.74) is 1.86. The van der Waals surface area contributed by atoms with Gasteiger partial charge in [0.2, 0.25) is 5.56 Å². The van der Waals surface area contributed by atoms with Crippen molar-refractivity contribution in [2.45, 2.75) is 13.1 Å². The number of aryl methyl sites for hydroxylation is 1. The molecule has 0 radical (unpaired) electrons. The van der Waals surface area contributed by atoms with Gasteiger partial charge >= 0.3 is 6.03 Å². The molecule has 1 heterocycles. The van der Waals surface area contributed by atoms with Gasteiger partial charge in [0.05, 0.1) is 0 Å². The number of hydrogen-bond donors (Lipinski definition) is 2. The molecule has 0 unspecified atom stereocenters. The van der Waals surface area contributed by atoms with Crippen LogP contribution in [-0.4, -0.2) is 10.6 Å². The molecular formula is C15H17N3O2. The molecule has 2 N–H and O–H groups in total. The van der Waals surface area contributed by atoms with E-state index in [2.05, 4.69) is 10.6 Å². The normalized spacial score (nSPS) is 10.1. The highest BCUT2D eigenvalue weighted by Crippen LogP contribution is 1.97. The van der Waals surface area contributed by atoms with Crippen molar-refractivity contribution >= 4 is 6.03 Å². The van der Waals surface area contributed by atoms with Gasteiger partial charge in [-0.3, -0.25) is 4.79 Å². The van der Waals surface area contributed by atoms with E-state index in [9.17, 15) is 9.59 Å². The molecule has 1 aromatic heterocycles. The fourth-order valence-corrected chi connectivity index (χ4v) is 1.78. The molecule has 0 bridgehead atoms. The summed E-state index contributed by atoms with van der Waals surface area (Å²) in [6.45, 7) is 0.870. The highest BCUT2D eigenvalue weighted by Gasteiger charge is 2.01. The van der Waals surface area contributed by atoms with Gasteiger partial charge in [-0.25, -0.2) is 4.79 Å². The predicted molar refractivity (Wildman–Crippen MR) is 77.2 cm³/mol. The molecule has 2 amide bonds. The zero-order valence-corrected chi connectivity index (χ0v) is 11.3. The minimum absolute atomic E-state index is 0.0673. The average Bonchev–Trinajstić information content (AvgIpc) is 2.47. The van der Waals surface area contributed by atoms with E-state index in [-0.39, 0.29) is 11.6 Å². The highest BCUT2D eigenvalue weighted by molar-refractivity contribution is 5.73. The molecule has 0 aliphatic heterocycles. The number of carbonyl (C=O) groups is 1. The van der Waals surface area contributed by atoms with Crippen LogP contribution in [0.1, 0.15) is 11.1 Å². The second-order valence-corrected chi connectivity index (χ2v) is 4.51. The Hall–Kier alpha value is -2.56. The van der Waals surface area contributed by atoms with E-state index < -0.39 is 0 Å². The third-order valence-electron chi connectivity index (χ3n) is 2.90. The van der Waals surface area contributed by atoms with E-state index in [0.717, 1.165) is 11.1 Å². The number of carbonyl (C=O) groups excluding carboxylic acids is 1. The number of nitrogens with one attached hydrogen (secondary N) is 2. The molecule has 20 heavy (non-hydrogen) atoms. The molecule has 5 nitrogen and oxygen atoms in total. The van der Waals surface area contributed by atoms with Crippen molar-refractivity contribution in [2.75, 3.05) is 0 Å². The second-order valence-electron chi connectivity index (χ2n) is 4.51. The molecule has 0 atom stereocenters. The van der Waals surface area contributed by atoms with E-state index in [1.165, 1.54) is 10.6 Å². The van der Waals surface area contributed by atoms with E-state index in [1.807, 2.05) is 30.3 Å². The number of amides is 2. The zero-order valence-electron chi connectivity index (χ0n) is 11.3. The van der Waals surface area contributed by atoms with Crippen LogP contribution in [0.5, 0.6) is 0 Å². The maximum absolute atomic E-state index is 11.7. The molecule has 0 saturated carbocycles. The molecular weight excluding hydrogens is 254 g/mol. The zero-order chi connectivity index (χ0) is 14.4. The topological polar surface area (TPSA) is 63.1 Å². The first-order valence-corrected chi connectivity index (χ1v) is 6.36. The molecule has 0 saturated heterocycles. The van der Waals surface area contributed by atoms with Gasteiger partial charge in [0.1, 0.15) is 0 Å². The summed E-state index contributed by atoms with van der Waals surface area (Å²) >= 11 is 0. The summed E-state index contributed by atoms with van der Waals surface area (Å²) in [6.07, 6.45) is 1.71. The smallest absolute Gasteiger partial charge is 0.315 e. The standard InChI is InChI=1S/C15H17N3O2/c1-18-11-13(7-8-14(18)19)10-17-15(20)16-9-12-5-3-2-4-6-12/h2-8,11H,9-10H2,1H3,(H2,16,17,20). The van der Waals surface area contributed by atoms with Crippen molar-refractivity contribution in [3.8, 4) is 0 Å². The Bertz CT molecular complexity index is 635. The van der Waals surface area contributed by atoms with Gasteiger partial charge in [0, 0.05) is 32.4 Å². The van der Waals surface area contributed by atoms with Crippen LogP contribution in [0.15, 0.2) is 53.5 Å². The lowest BCUT2D eigenvalue weighted by atomic mass is 10.2. The number of pyridine rings is 1. The van der Waals surface area contributed by atoms with Crippen molar-refractivity contribution in [1.29, 1.82) is 0 Å². The average molecular weight is 271 g/mol. The van der Waals surface area contributed by atoms with Crippen molar-refractivity contribution in [3.63, 3.8) is 0 Å². The molecule has 2 rings (SSSR count). The fraction of sp³-hybridized carbons (Fsp3) is 0.200. The van der Waals surface area contributed by atoms with Crippen molar-refractivity contribution in [3.05, 3.63) is 70.1 Å². The van der Waals surface area contributed by atoms with Crippen LogP contribution < -0.4 is 16.2 Å². The van der Waals surface area contributed by atoms with Crippen LogP contribution in [-0.2, 0) is 20.1 Å². The summed E-state index contributed by atoms with van der Waals surface area (Å²) in [5, 5.41) is 5.53. The molecule has 0 aliphatic rings. The van der Waals surface area contributed by atoms with Crippen molar-refractivity contribution in [1.82, 2.24) is 15.2 Å². The molecule has 0 spiro atoms. The Balaban J connectivity index is 1.80. The van der Waals surface area contributed by atoms with E-state index in [4.69, 9.17) is 0 Å². The second kappa shape index (κ2) is 6.56. The summed E-state index contributed by atoms with van der Waals surface area (Å²) in [5.74, 6) is 0. The molecule has 0 aliphatic carbocycles. The maximum atomic E-state index is 11.7. The largest absolute Gasteiger partial charge is 0.334 e. The van der Waals surface area contributed by atoms with Gasteiger partial charge in [-0.05, 0) is 11.1 Å². The highest BCUT2D eigenvalue weighted by atomic mass is 16.2. The van der Waals surface area contributed by atoms with Crippen LogP contribution in [0.2, 0.25) is 0 Å². The monoisotopic (exact) mass is 271 g/mol. The lowest BCUT2D eigenvalue weighted by molar-refractivity contribution is 0.240. The van der Waals surface area contributed by atoms with Crippen LogP contribution in [0.3, 0.4) is 0 Å². The first-order chi connectivity index (χ1) is 9.65. The van der Waals surface area contributed by atoms with Crippen LogP contribution in [0.4, 0.5) is 4.79 Å². The lowest BCUT2D eigenvalue weighted by Gasteiger charge is -2.08. The summed E-state index contributed by atoms with van der Waals surface area (Å²) in [4.78, 5) is 22.9. The lowest BCUT2D eigenvalue weighted by Crippen LogP contribution is -2.34. The first-order valence-electron chi connectivity index (χ1n) is 6.36. The van der Waals surface area contributed by atoms with Crippen LogP contribution in [0.25, 0.3) is 0 Å². The third-order valence-corrected chi connectivity index (χ3v) is 2.90. The molecule has 1 aromatic carbocycles. The van der Waals surface area contributed by atoms with E-state index >= 15 is 0 Å². The Morgan fingerprint density at radius 1 is 1.00 bits per heavy atom. The van der Waals surface area contributed by atoms with E-state index in [0.29, 0.717) is 13.1 Å². The van der Waals surface area contributed by atoms with Gasteiger partial charge in [-0.1, -0.05) is 36.4 Å². The number of hydrogen-bond acceptors (Lipinski definition) is 2. The quantitative estimate of drug-likeness (QED) is 0.882. The van der Waals surface area contributed by atoms with Crippen molar-refractivity contribution < 1.29 is 4.79 Å². The molecule has 104 valence electrons. The van der Waals surface area contributed by atoms with Gasteiger partial charge < -0.3 is 15.2 Å². The molecule has 0 fully saturated rings. The number of rotatable bonds is 4. The maximum Gasteiger partial charge on any atom is 0.315 e. The van der Waals surface area contributed by atoms with E-state index in [1.54, 1.807) is 19.3 Å². The number of urea groups is 1. The van der Waals surface area contributed by atoms with Crippen LogP contribution >= 0.6 is 0 Å². The number of nitrogens with zero attached hydrogens (tertiary/aromatic N) is 1. The summed E-state index contributed by atoms with van der Waals surface area (Å²) in [7, 11) is 1.68. The minimum atomic E-state index is -0.234. The minimum Gasteiger partial charge on any atom is -0.334 e. The predicted octanol–water partition coefficient (Wildman–Crippen LogP) is 1.38. The third kappa shape index (κ3) is 3.98. The Morgan fingerprint density at radius 2 is 1.65 bits per heavy atom. The van der Waals surface area contributed by atoms with Crippen LogP contribution in [0, 0.1) is 0 Å². The summed E-state index contributed by atoms with van der Waals surface area (Å²) in [6, 6.07) is 12.7. The molecule has 5 heteroatoms.